The number of rotatable bonds is 3. The van der Waals surface area contributed by atoms with Gasteiger partial charge < -0.3 is 5.73 Å². The van der Waals surface area contributed by atoms with Crippen LogP contribution in [0.15, 0.2) is 0 Å². The first-order valence-electron chi connectivity index (χ1n) is 7.86. The van der Waals surface area contributed by atoms with E-state index in [0.717, 1.165) is 23.3 Å². The van der Waals surface area contributed by atoms with E-state index in [9.17, 15) is 0 Å². The highest BCUT2D eigenvalue weighted by atomic mass is 15.4. The Morgan fingerprint density at radius 2 is 2.00 bits per heavy atom. The predicted octanol–water partition coefficient (Wildman–Crippen LogP) is 3.06. The number of aryl methyl sites for hydroxylation is 2. The maximum atomic E-state index is 6.25. The zero-order valence-electron chi connectivity index (χ0n) is 12.8. The van der Waals surface area contributed by atoms with Crippen LogP contribution in [0.4, 0.5) is 5.95 Å². The molecule has 110 valence electrons. The third-order valence-electron chi connectivity index (χ3n) is 4.82. The molecule has 3 rings (SSSR count). The van der Waals surface area contributed by atoms with E-state index in [1.54, 1.807) is 0 Å². The quantitative estimate of drug-likeness (QED) is 0.936. The summed E-state index contributed by atoms with van der Waals surface area (Å²) < 4.78 is 4.22. The van der Waals surface area contributed by atoms with Crippen LogP contribution < -0.4 is 5.73 Å². The molecule has 1 saturated carbocycles. The average molecular weight is 275 g/mol. The van der Waals surface area contributed by atoms with Crippen LogP contribution >= 0.6 is 0 Å². The molecule has 0 spiro atoms. The first-order chi connectivity index (χ1) is 9.67. The highest BCUT2D eigenvalue weighted by molar-refractivity contribution is 5.78. The monoisotopic (exact) mass is 275 g/mol. The van der Waals surface area contributed by atoms with E-state index in [1.807, 2.05) is 11.7 Å². The SMILES string of the molecule is CCc1nn(C)c2c1nc(N)n2C1CCCCC1CC. The molecule has 1 aliphatic rings. The van der Waals surface area contributed by atoms with Gasteiger partial charge in [-0.3, -0.25) is 9.25 Å². The maximum Gasteiger partial charge on any atom is 0.202 e. The Bertz CT molecular complexity index is 609. The van der Waals surface area contributed by atoms with Gasteiger partial charge in [-0.1, -0.05) is 33.1 Å². The van der Waals surface area contributed by atoms with Gasteiger partial charge in [-0.05, 0) is 25.2 Å². The number of hydrogen-bond acceptors (Lipinski definition) is 3. The molecule has 0 saturated heterocycles. The van der Waals surface area contributed by atoms with Crippen molar-refractivity contribution in [3.05, 3.63) is 5.69 Å². The zero-order chi connectivity index (χ0) is 14.3. The molecular weight excluding hydrogens is 250 g/mol. The number of nitrogens with zero attached hydrogens (tertiary/aromatic N) is 4. The summed E-state index contributed by atoms with van der Waals surface area (Å²) in [5, 5.41) is 4.59. The predicted molar refractivity (Wildman–Crippen MR) is 81.6 cm³/mol. The number of imidazole rings is 1. The Hall–Kier alpha value is -1.52. The van der Waals surface area contributed by atoms with Crippen LogP contribution in [-0.2, 0) is 13.5 Å². The summed E-state index contributed by atoms with van der Waals surface area (Å²) in [7, 11) is 2.00. The minimum Gasteiger partial charge on any atom is -0.369 e. The van der Waals surface area contributed by atoms with Gasteiger partial charge in [0.1, 0.15) is 5.52 Å². The van der Waals surface area contributed by atoms with Crippen LogP contribution in [0.3, 0.4) is 0 Å². The normalized spacial score (nSPS) is 23.6. The van der Waals surface area contributed by atoms with Crippen LogP contribution in [0.5, 0.6) is 0 Å². The lowest BCUT2D eigenvalue weighted by molar-refractivity contribution is 0.237. The second-order valence-electron chi connectivity index (χ2n) is 5.96. The topological polar surface area (TPSA) is 61.7 Å². The van der Waals surface area contributed by atoms with Gasteiger partial charge in [-0.25, -0.2) is 4.98 Å². The smallest absolute Gasteiger partial charge is 0.202 e. The number of anilines is 1. The Labute approximate surface area is 120 Å². The molecule has 0 bridgehead atoms. The van der Waals surface area contributed by atoms with Crippen molar-refractivity contribution in [3.63, 3.8) is 0 Å². The largest absolute Gasteiger partial charge is 0.369 e. The fourth-order valence-electron chi connectivity index (χ4n) is 3.79. The van der Waals surface area contributed by atoms with Crippen LogP contribution in [0.1, 0.15) is 57.7 Å². The average Bonchev–Trinajstić information content (AvgIpc) is 2.95. The minimum absolute atomic E-state index is 0.485. The van der Waals surface area contributed by atoms with Crippen LogP contribution in [0.2, 0.25) is 0 Å². The molecule has 0 aliphatic heterocycles. The van der Waals surface area contributed by atoms with Crippen molar-refractivity contribution >= 4 is 17.1 Å². The lowest BCUT2D eigenvalue weighted by Crippen LogP contribution is -2.24. The number of fused-ring (bicyclic) bond motifs is 1. The molecule has 0 aromatic carbocycles. The van der Waals surface area contributed by atoms with Crippen molar-refractivity contribution in [2.24, 2.45) is 13.0 Å². The fraction of sp³-hybridized carbons (Fsp3) is 0.733. The highest BCUT2D eigenvalue weighted by Gasteiger charge is 2.30. The Balaban J connectivity index is 2.14. The molecule has 5 heteroatoms. The number of aromatic nitrogens is 4. The summed E-state index contributed by atoms with van der Waals surface area (Å²) in [5.74, 6) is 1.37. The van der Waals surface area contributed by atoms with Gasteiger partial charge in [0.2, 0.25) is 5.95 Å². The van der Waals surface area contributed by atoms with Crippen LogP contribution in [-0.4, -0.2) is 19.3 Å². The van der Waals surface area contributed by atoms with E-state index in [-0.39, 0.29) is 0 Å². The van der Waals surface area contributed by atoms with E-state index >= 15 is 0 Å². The van der Waals surface area contributed by atoms with Gasteiger partial charge in [-0.15, -0.1) is 0 Å². The molecule has 2 aromatic heterocycles. The van der Waals surface area contributed by atoms with Crippen LogP contribution in [0.25, 0.3) is 11.2 Å². The standard InChI is InChI=1S/C15H25N5/c1-4-10-8-6-7-9-12(10)20-14-13(17-15(20)16)11(5-2)18-19(14)3/h10,12H,4-9H2,1-3H3,(H2,16,17). The molecule has 0 radical (unpaired) electrons. The lowest BCUT2D eigenvalue weighted by atomic mass is 9.82. The van der Waals surface area contributed by atoms with Crippen molar-refractivity contribution in [1.82, 2.24) is 19.3 Å². The van der Waals surface area contributed by atoms with E-state index < -0.39 is 0 Å². The van der Waals surface area contributed by atoms with Gasteiger partial charge >= 0.3 is 0 Å². The molecule has 2 N–H and O–H groups in total. The third kappa shape index (κ3) is 1.91. The molecule has 20 heavy (non-hydrogen) atoms. The van der Waals surface area contributed by atoms with Crippen molar-refractivity contribution in [3.8, 4) is 0 Å². The van der Waals surface area contributed by atoms with Crippen molar-refractivity contribution in [1.29, 1.82) is 0 Å². The summed E-state index contributed by atoms with van der Waals surface area (Å²) in [6.07, 6.45) is 7.26. The first-order valence-corrected chi connectivity index (χ1v) is 7.86. The van der Waals surface area contributed by atoms with Crippen molar-refractivity contribution in [2.75, 3.05) is 5.73 Å². The zero-order valence-corrected chi connectivity index (χ0v) is 12.8. The molecular formula is C15H25N5. The second kappa shape index (κ2) is 5.11. The third-order valence-corrected chi connectivity index (χ3v) is 4.82. The van der Waals surface area contributed by atoms with Crippen molar-refractivity contribution in [2.45, 2.75) is 58.4 Å². The lowest BCUT2D eigenvalue weighted by Gasteiger charge is -2.32. The van der Waals surface area contributed by atoms with Gasteiger partial charge in [0, 0.05) is 13.1 Å². The van der Waals surface area contributed by atoms with Gasteiger partial charge in [0.05, 0.1) is 5.69 Å². The molecule has 1 aliphatic carbocycles. The molecule has 1 fully saturated rings. The van der Waals surface area contributed by atoms with Crippen LogP contribution in [0, 0.1) is 5.92 Å². The Morgan fingerprint density at radius 1 is 1.25 bits per heavy atom. The molecule has 2 atom stereocenters. The van der Waals surface area contributed by atoms with E-state index in [0.29, 0.717) is 17.9 Å². The van der Waals surface area contributed by atoms with Gasteiger partial charge in [0.15, 0.2) is 5.65 Å². The second-order valence-corrected chi connectivity index (χ2v) is 5.96. The van der Waals surface area contributed by atoms with E-state index in [4.69, 9.17) is 5.73 Å². The molecule has 5 nitrogen and oxygen atoms in total. The summed E-state index contributed by atoms with van der Waals surface area (Å²) in [6, 6.07) is 0.485. The number of nitrogens with two attached hydrogens (primary N) is 1. The summed E-state index contributed by atoms with van der Waals surface area (Å²) >= 11 is 0. The molecule has 2 aromatic rings. The van der Waals surface area contributed by atoms with Crippen molar-refractivity contribution < 1.29 is 0 Å². The first kappa shape index (κ1) is 13.5. The minimum atomic E-state index is 0.485. The van der Waals surface area contributed by atoms with E-state index in [1.165, 1.54) is 32.1 Å². The fourth-order valence-corrected chi connectivity index (χ4v) is 3.79. The molecule has 0 amide bonds. The summed E-state index contributed by atoms with van der Waals surface area (Å²) in [6.45, 7) is 4.40. The molecule has 2 unspecified atom stereocenters. The summed E-state index contributed by atoms with van der Waals surface area (Å²) in [5.41, 5.74) is 9.40. The van der Waals surface area contributed by atoms with Gasteiger partial charge in [-0.2, -0.15) is 5.10 Å². The maximum absolute atomic E-state index is 6.25. The van der Waals surface area contributed by atoms with Gasteiger partial charge in [0.25, 0.3) is 0 Å². The Kier molecular flexibility index (Phi) is 3.44. The number of hydrogen-bond donors (Lipinski definition) is 1. The highest BCUT2D eigenvalue weighted by Crippen LogP contribution is 2.39. The molecule has 2 heterocycles. The van der Waals surface area contributed by atoms with E-state index in [2.05, 4.69) is 28.5 Å². The number of nitrogen functional groups attached to an aromatic ring is 1. The Morgan fingerprint density at radius 3 is 2.70 bits per heavy atom. The summed E-state index contributed by atoms with van der Waals surface area (Å²) in [4.78, 5) is 4.61.